The van der Waals surface area contributed by atoms with E-state index in [-0.39, 0.29) is 7.92 Å². The maximum atomic E-state index is 2.62. The lowest BCUT2D eigenvalue weighted by molar-refractivity contribution is 0.482. The third-order valence-electron chi connectivity index (χ3n) is 7.99. The molecule has 0 unspecified atom stereocenters. The molecule has 3 aliphatic rings. The van der Waals surface area contributed by atoms with Gasteiger partial charge in [0.1, 0.15) is 0 Å². The van der Waals surface area contributed by atoms with Crippen LogP contribution in [0.4, 0.5) is 0 Å². The van der Waals surface area contributed by atoms with Gasteiger partial charge in [-0.15, -0.1) is 0 Å². The molecule has 33 heavy (non-hydrogen) atoms. The SMILES string of the molecule is C[C@@H]([C]1C=CC=C1P(c1ccccc1)c1ccccc1)P(C1CCCCC1)C1CCCCC1. The standard InChI is InChI=1S/C31H39P2/c1-25(32(26-15-6-2-7-16-26)27-17-8-3-9-18-27)30-23-14-24-31(30)33(28-19-10-4-11-20-28)29-21-12-5-13-22-29/h4-5,10-14,19-27H,2-3,6-9,15-18H2,1H3/t25-/m0/s1. The Labute approximate surface area is 204 Å². The molecule has 0 spiro atoms. The molecule has 0 aromatic heterocycles. The summed E-state index contributed by atoms with van der Waals surface area (Å²) >= 11 is 0. The number of rotatable bonds is 7. The molecule has 5 rings (SSSR count). The molecule has 0 N–H and O–H groups in total. The Morgan fingerprint density at radius 3 is 1.64 bits per heavy atom. The summed E-state index contributed by atoms with van der Waals surface area (Å²) in [4.78, 5) is 0. The lowest BCUT2D eigenvalue weighted by Gasteiger charge is -2.44. The summed E-state index contributed by atoms with van der Waals surface area (Å²) in [5.41, 5.74) is 2.71. The van der Waals surface area contributed by atoms with E-state index >= 15 is 0 Å². The van der Waals surface area contributed by atoms with Gasteiger partial charge in [0.15, 0.2) is 0 Å². The first kappa shape index (κ1) is 23.5. The highest BCUT2D eigenvalue weighted by molar-refractivity contribution is 7.77. The molecule has 0 nitrogen and oxygen atoms in total. The molecule has 1 radical (unpaired) electrons. The van der Waals surface area contributed by atoms with Crippen LogP contribution < -0.4 is 10.6 Å². The van der Waals surface area contributed by atoms with Crippen LogP contribution in [0.5, 0.6) is 0 Å². The maximum Gasteiger partial charge on any atom is 0.0349 e. The van der Waals surface area contributed by atoms with Gasteiger partial charge in [-0.25, -0.2) is 0 Å². The fourth-order valence-corrected chi connectivity index (χ4v) is 13.4. The van der Waals surface area contributed by atoms with E-state index in [0.29, 0.717) is 5.66 Å². The van der Waals surface area contributed by atoms with Crippen molar-refractivity contribution in [2.75, 3.05) is 0 Å². The Morgan fingerprint density at radius 2 is 1.15 bits per heavy atom. The van der Waals surface area contributed by atoms with Crippen molar-refractivity contribution in [3.05, 3.63) is 90.1 Å². The largest absolute Gasteiger partial charge is 0.0962 e. The van der Waals surface area contributed by atoms with E-state index in [9.17, 15) is 0 Å². The van der Waals surface area contributed by atoms with Crippen molar-refractivity contribution in [2.45, 2.75) is 88.1 Å². The quantitative estimate of drug-likeness (QED) is 0.353. The summed E-state index contributed by atoms with van der Waals surface area (Å²) in [5, 5.41) is 4.59. The fourth-order valence-electron chi connectivity index (χ4n) is 6.41. The van der Waals surface area contributed by atoms with Gasteiger partial charge in [0, 0.05) is 5.92 Å². The molecule has 1 atom stereocenters. The number of allylic oxidation sites excluding steroid dienone is 4. The minimum atomic E-state index is -0.511. The van der Waals surface area contributed by atoms with Crippen molar-refractivity contribution >= 4 is 26.5 Å². The van der Waals surface area contributed by atoms with Gasteiger partial charge < -0.3 is 0 Å². The van der Waals surface area contributed by atoms with Crippen LogP contribution in [-0.2, 0) is 0 Å². The fraction of sp³-hybridized carbons (Fsp3) is 0.452. The maximum absolute atomic E-state index is 2.62. The van der Waals surface area contributed by atoms with Crippen LogP contribution in [0.2, 0.25) is 0 Å². The molecule has 2 fully saturated rings. The number of hydrogen-bond acceptors (Lipinski definition) is 0. The molecule has 2 aromatic rings. The highest BCUT2D eigenvalue weighted by Crippen LogP contribution is 2.64. The van der Waals surface area contributed by atoms with Gasteiger partial charge in [0.05, 0.1) is 0 Å². The average Bonchev–Trinajstić information content (AvgIpc) is 3.36. The normalized spacial score (nSPS) is 21.6. The first-order valence-electron chi connectivity index (χ1n) is 13.3. The molecule has 0 aliphatic heterocycles. The van der Waals surface area contributed by atoms with E-state index in [1.165, 1.54) is 74.8 Å². The second-order valence-electron chi connectivity index (χ2n) is 10.1. The van der Waals surface area contributed by atoms with Crippen molar-refractivity contribution in [1.29, 1.82) is 0 Å². The lowest BCUT2D eigenvalue weighted by Crippen LogP contribution is -2.29. The highest BCUT2D eigenvalue weighted by atomic mass is 31.1. The summed E-state index contributed by atoms with van der Waals surface area (Å²) in [6, 6.07) is 22.6. The summed E-state index contributed by atoms with van der Waals surface area (Å²) < 4.78 is 0. The van der Waals surface area contributed by atoms with Crippen LogP contribution in [0.25, 0.3) is 0 Å². The first-order chi connectivity index (χ1) is 16.3. The van der Waals surface area contributed by atoms with E-state index in [0.717, 1.165) is 11.3 Å². The second-order valence-corrected chi connectivity index (χ2v) is 15.4. The molecule has 2 heteroatoms. The molecular weight excluding hydrogens is 434 g/mol. The molecule has 0 bridgehead atoms. The number of hydrogen-bond donors (Lipinski definition) is 0. The smallest absolute Gasteiger partial charge is 0.0349 e. The van der Waals surface area contributed by atoms with Crippen LogP contribution in [0.1, 0.15) is 71.1 Å². The molecule has 2 aromatic carbocycles. The average molecular weight is 474 g/mol. The van der Waals surface area contributed by atoms with Crippen LogP contribution in [0.15, 0.2) is 84.2 Å². The van der Waals surface area contributed by atoms with E-state index in [4.69, 9.17) is 0 Å². The molecular formula is C31H39P2. The van der Waals surface area contributed by atoms with Crippen LogP contribution in [-0.4, -0.2) is 17.0 Å². The minimum absolute atomic E-state index is 0.0228. The third kappa shape index (κ3) is 5.39. The van der Waals surface area contributed by atoms with Crippen molar-refractivity contribution < 1.29 is 0 Å². The van der Waals surface area contributed by atoms with Crippen molar-refractivity contribution in [3.63, 3.8) is 0 Å². The lowest BCUT2D eigenvalue weighted by atomic mass is 9.99. The summed E-state index contributed by atoms with van der Waals surface area (Å²) in [6.45, 7) is 2.62. The predicted molar refractivity (Wildman–Crippen MR) is 150 cm³/mol. The van der Waals surface area contributed by atoms with Gasteiger partial charge in [-0.3, -0.25) is 0 Å². The van der Waals surface area contributed by atoms with E-state index in [1.807, 2.05) is 0 Å². The van der Waals surface area contributed by atoms with Crippen molar-refractivity contribution in [3.8, 4) is 0 Å². The molecule has 2 saturated carbocycles. The second kappa shape index (κ2) is 11.5. The van der Waals surface area contributed by atoms with Crippen LogP contribution >= 0.6 is 15.8 Å². The summed E-state index contributed by atoms with van der Waals surface area (Å²) in [5.74, 6) is 1.68. The summed E-state index contributed by atoms with van der Waals surface area (Å²) in [6.07, 6.45) is 22.1. The van der Waals surface area contributed by atoms with Crippen molar-refractivity contribution in [1.82, 2.24) is 0 Å². The first-order valence-corrected chi connectivity index (χ1v) is 16.2. The monoisotopic (exact) mass is 473 g/mol. The van der Waals surface area contributed by atoms with Gasteiger partial charge in [-0.1, -0.05) is 132 Å². The number of benzene rings is 2. The Balaban J connectivity index is 1.47. The summed E-state index contributed by atoms with van der Waals surface area (Å²) in [7, 11) is -0.489. The van der Waals surface area contributed by atoms with E-state index in [1.54, 1.807) is 11.2 Å². The van der Waals surface area contributed by atoms with Crippen LogP contribution in [0, 0.1) is 5.92 Å². The van der Waals surface area contributed by atoms with Gasteiger partial charge in [0.2, 0.25) is 0 Å². The molecule has 3 aliphatic carbocycles. The minimum Gasteiger partial charge on any atom is -0.0962 e. The Bertz CT molecular complexity index is 862. The molecule has 0 saturated heterocycles. The van der Waals surface area contributed by atoms with Gasteiger partial charge >= 0.3 is 0 Å². The van der Waals surface area contributed by atoms with E-state index in [2.05, 4.69) is 85.8 Å². The van der Waals surface area contributed by atoms with Crippen molar-refractivity contribution in [2.24, 2.45) is 0 Å². The molecule has 173 valence electrons. The zero-order valence-electron chi connectivity index (χ0n) is 20.2. The Morgan fingerprint density at radius 1 is 0.667 bits per heavy atom. The van der Waals surface area contributed by atoms with Gasteiger partial charge in [0.25, 0.3) is 0 Å². The molecule has 0 amide bonds. The third-order valence-corrected chi connectivity index (χ3v) is 14.4. The highest BCUT2D eigenvalue weighted by Gasteiger charge is 2.40. The topological polar surface area (TPSA) is 0 Å². The molecule has 0 heterocycles. The van der Waals surface area contributed by atoms with Crippen LogP contribution in [0.3, 0.4) is 0 Å². The van der Waals surface area contributed by atoms with Gasteiger partial charge in [-0.2, -0.15) is 0 Å². The zero-order valence-corrected chi connectivity index (χ0v) is 22.0. The van der Waals surface area contributed by atoms with E-state index < -0.39 is 7.92 Å². The Hall–Kier alpha value is -1.22. The predicted octanol–water partition coefficient (Wildman–Crippen LogP) is 8.68. The Kier molecular flexibility index (Phi) is 8.18. The van der Waals surface area contributed by atoms with Gasteiger partial charge in [-0.05, 0) is 66.5 Å². The zero-order chi connectivity index (χ0) is 22.5.